The van der Waals surface area contributed by atoms with E-state index in [-0.39, 0.29) is 0 Å². The first-order valence-corrected chi connectivity index (χ1v) is 8.26. The fraction of sp³-hybridized carbons (Fsp3) is 0.765. The molecule has 1 aromatic rings. The normalized spacial score (nSPS) is 18.9. The van der Waals surface area contributed by atoms with E-state index in [0.29, 0.717) is 0 Å². The van der Waals surface area contributed by atoms with Crippen LogP contribution in [0, 0.1) is 18.8 Å². The highest BCUT2D eigenvalue weighted by Crippen LogP contribution is 2.34. The van der Waals surface area contributed by atoms with Crippen molar-refractivity contribution in [3.8, 4) is 0 Å². The van der Waals surface area contributed by atoms with E-state index in [1.165, 1.54) is 44.3 Å². The molecule has 0 amide bonds. The van der Waals surface area contributed by atoms with Crippen molar-refractivity contribution < 1.29 is 4.42 Å². The maximum Gasteiger partial charge on any atom is 0.120 e. The molecule has 0 aliphatic heterocycles. The quantitative estimate of drug-likeness (QED) is 0.750. The van der Waals surface area contributed by atoms with Crippen LogP contribution in [0.3, 0.4) is 0 Å². The first-order valence-electron chi connectivity index (χ1n) is 8.26. The van der Waals surface area contributed by atoms with Crippen LogP contribution in [-0.2, 0) is 13.1 Å². The van der Waals surface area contributed by atoms with Gasteiger partial charge < -0.3 is 9.73 Å². The van der Waals surface area contributed by atoms with Gasteiger partial charge in [-0.2, -0.15) is 0 Å². The van der Waals surface area contributed by atoms with Crippen LogP contribution in [0.4, 0.5) is 0 Å². The van der Waals surface area contributed by atoms with Gasteiger partial charge in [0.05, 0.1) is 13.1 Å². The fourth-order valence-electron chi connectivity index (χ4n) is 2.84. The van der Waals surface area contributed by atoms with E-state index >= 15 is 0 Å². The van der Waals surface area contributed by atoms with Crippen molar-refractivity contribution in [3.05, 3.63) is 23.2 Å². The molecular weight excluding hydrogens is 248 g/mol. The van der Waals surface area contributed by atoms with Crippen LogP contribution < -0.4 is 5.32 Å². The number of aryl methyl sites for hydroxylation is 1. The molecule has 0 radical (unpaired) electrons. The van der Waals surface area contributed by atoms with Gasteiger partial charge in [-0.25, -0.2) is 0 Å². The van der Waals surface area contributed by atoms with Gasteiger partial charge in [-0.3, -0.25) is 4.90 Å². The summed E-state index contributed by atoms with van der Waals surface area (Å²) in [5, 5.41) is 3.35. The van der Waals surface area contributed by atoms with Crippen molar-refractivity contribution in [2.45, 2.75) is 52.6 Å². The van der Waals surface area contributed by atoms with E-state index < -0.39 is 0 Å². The monoisotopic (exact) mass is 276 g/mol. The van der Waals surface area contributed by atoms with Gasteiger partial charge in [-0.15, -0.1) is 0 Å². The van der Waals surface area contributed by atoms with E-state index in [1.807, 2.05) is 0 Å². The van der Waals surface area contributed by atoms with Crippen LogP contribution in [0.25, 0.3) is 0 Å². The van der Waals surface area contributed by atoms with Gasteiger partial charge in [0.2, 0.25) is 0 Å². The molecular formula is C17H28N2O. The third-order valence-corrected chi connectivity index (χ3v) is 4.41. The molecule has 2 aliphatic carbocycles. The first kappa shape index (κ1) is 14.2. The lowest BCUT2D eigenvalue weighted by atomic mass is 10.2. The maximum atomic E-state index is 6.05. The molecule has 0 aromatic carbocycles. The van der Waals surface area contributed by atoms with Crippen molar-refractivity contribution in [3.63, 3.8) is 0 Å². The highest BCUT2D eigenvalue weighted by Gasteiger charge is 2.29. The van der Waals surface area contributed by atoms with Crippen LogP contribution in [-0.4, -0.2) is 24.5 Å². The average molecular weight is 276 g/mol. The second-order valence-electron chi connectivity index (χ2n) is 6.68. The van der Waals surface area contributed by atoms with Crippen molar-refractivity contribution in [2.24, 2.45) is 11.8 Å². The molecule has 0 unspecified atom stereocenters. The Kier molecular flexibility index (Phi) is 4.47. The summed E-state index contributed by atoms with van der Waals surface area (Å²) in [5.74, 6) is 4.19. The minimum absolute atomic E-state index is 0.855. The number of rotatable bonds is 9. The molecule has 1 heterocycles. The van der Waals surface area contributed by atoms with Crippen LogP contribution in [0.2, 0.25) is 0 Å². The Balaban J connectivity index is 1.57. The molecule has 20 heavy (non-hydrogen) atoms. The SMILES string of the molecule is CCNCc1oc(CN(CC2CC2)CC2CC2)cc1C. The summed E-state index contributed by atoms with van der Waals surface area (Å²) in [6.07, 6.45) is 5.74. The zero-order valence-electron chi connectivity index (χ0n) is 13.0. The molecule has 0 atom stereocenters. The van der Waals surface area contributed by atoms with Gasteiger partial charge in [0.15, 0.2) is 0 Å². The molecule has 0 spiro atoms. The van der Waals surface area contributed by atoms with Gasteiger partial charge in [0.1, 0.15) is 11.5 Å². The summed E-state index contributed by atoms with van der Waals surface area (Å²) in [6, 6.07) is 2.24. The summed E-state index contributed by atoms with van der Waals surface area (Å²) in [6.45, 7) is 9.69. The summed E-state index contributed by atoms with van der Waals surface area (Å²) >= 11 is 0. The predicted molar refractivity (Wildman–Crippen MR) is 81.6 cm³/mol. The number of hydrogen-bond acceptors (Lipinski definition) is 3. The largest absolute Gasteiger partial charge is 0.463 e. The standard InChI is InChI=1S/C17H28N2O/c1-3-18-9-17-13(2)8-16(20-17)12-19(10-14-4-5-14)11-15-6-7-15/h8,14-15,18H,3-7,9-12H2,1-2H3. The minimum atomic E-state index is 0.855. The second kappa shape index (κ2) is 6.31. The number of nitrogens with one attached hydrogen (secondary N) is 1. The van der Waals surface area contributed by atoms with E-state index in [1.54, 1.807) is 0 Å². The Bertz CT molecular complexity index is 418. The molecule has 2 aliphatic rings. The molecule has 0 bridgehead atoms. The maximum absolute atomic E-state index is 6.05. The summed E-state index contributed by atoms with van der Waals surface area (Å²) in [7, 11) is 0. The molecule has 112 valence electrons. The smallest absolute Gasteiger partial charge is 0.120 e. The topological polar surface area (TPSA) is 28.4 Å². The summed E-state index contributed by atoms with van der Waals surface area (Å²) in [4.78, 5) is 2.63. The number of hydrogen-bond donors (Lipinski definition) is 1. The Morgan fingerprint density at radius 3 is 2.40 bits per heavy atom. The van der Waals surface area contributed by atoms with E-state index in [4.69, 9.17) is 4.42 Å². The lowest BCUT2D eigenvalue weighted by molar-refractivity contribution is 0.223. The lowest BCUT2D eigenvalue weighted by Crippen LogP contribution is -2.27. The Morgan fingerprint density at radius 2 is 1.85 bits per heavy atom. The van der Waals surface area contributed by atoms with Gasteiger partial charge in [0.25, 0.3) is 0 Å². The lowest BCUT2D eigenvalue weighted by Gasteiger charge is -2.20. The van der Waals surface area contributed by atoms with Crippen molar-refractivity contribution in [1.29, 1.82) is 0 Å². The fourth-order valence-corrected chi connectivity index (χ4v) is 2.84. The Hall–Kier alpha value is -0.800. The molecule has 2 fully saturated rings. The molecule has 1 aromatic heterocycles. The average Bonchev–Trinajstić information content (AvgIpc) is 3.31. The zero-order valence-corrected chi connectivity index (χ0v) is 13.0. The minimum Gasteiger partial charge on any atom is -0.463 e. The van der Waals surface area contributed by atoms with Crippen LogP contribution >= 0.6 is 0 Å². The highest BCUT2D eigenvalue weighted by molar-refractivity contribution is 5.20. The van der Waals surface area contributed by atoms with Gasteiger partial charge in [0, 0.05) is 13.1 Å². The molecule has 3 rings (SSSR count). The second-order valence-corrected chi connectivity index (χ2v) is 6.68. The first-order chi connectivity index (χ1) is 9.74. The van der Waals surface area contributed by atoms with E-state index in [2.05, 4.69) is 30.1 Å². The highest BCUT2D eigenvalue weighted by atomic mass is 16.3. The number of nitrogens with zero attached hydrogens (tertiary/aromatic N) is 1. The van der Waals surface area contributed by atoms with E-state index in [0.717, 1.165) is 43.0 Å². The zero-order chi connectivity index (χ0) is 13.9. The van der Waals surface area contributed by atoms with Gasteiger partial charge in [-0.05, 0) is 62.6 Å². The van der Waals surface area contributed by atoms with Crippen molar-refractivity contribution in [1.82, 2.24) is 10.2 Å². The van der Waals surface area contributed by atoms with Crippen molar-refractivity contribution in [2.75, 3.05) is 19.6 Å². The van der Waals surface area contributed by atoms with Crippen LogP contribution in [0.5, 0.6) is 0 Å². The van der Waals surface area contributed by atoms with Crippen LogP contribution in [0.15, 0.2) is 10.5 Å². The third kappa shape index (κ3) is 4.10. The summed E-state index contributed by atoms with van der Waals surface area (Å²) in [5.41, 5.74) is 1.29. The van der Waals surface area contributed by atoms with Gasteiger partial charge >= 0.3 is 0 Å². The molecule has 3 nitrogen and oxygen atoms in total. The van der Waals surface area contributed by atoms with Crippen molar-refractivity contribution >= 4 is 0 Å². The molecule has 1 N–H and O–H groups in total. The molecule has 3 heteroatoms. The van der Waals surface area contributed by atoms with Gasteiger partial charge in [-0.1, -0.05) is 6.92 Å². The Morgan fingerprint density at radius 1 is 1.20 bits per heavy atom. The van der Waals surface area contributed by atoms with E-state index in [9.17, 15) is 0 Å². The molecule has 2 saturated carbocycles. The van der Waals surface area contributed by atoms with Crippen LogP contribution in [0.1, 0.15) is 49.7 Å². The summed E-state index contributed by atoms with van der Waals surface area (Å²) < 4.78 is 6.05. The molecule has 0 saturated heterocycles. The predicted octanol–water partition coefficient (Wildman–Crippen LogP) is 3.32. The third-order valence-electron chi connectivity index (χ3n) is 4.41. The Labute approximate surface area is 122 Å². The number of furan rings is 1.